The van der Waals surface area contributed by atoms with Gasteiger partial charge in [-0.05, 0) is 47.7 Å². The molecule has 0 radical (unpaired) electrons. The number of nitrogens with one attached hydrogen (secondary N) is 1. The number of fused-ring (bicyclic) bond motifs is 1. The highest BCUT2D eigenvalue weighted by molar-refractivity contribution is 14.1. The summed E-state index contributed by atoms with van der Waals surface area (Å²) in [5, 5.41) is 4.66. The summed E-state index contributed by atoms with van der Waals surface area (Å²) in [5.74, 6) is 0. The second-order valence-electron chi connectivity index (χ2n) is 4.39. The molecule has 0 unspecified atom stereocenters. The zero-order valence-electron chi connectivity index (χ0n) is 10.5. The van der Waals surface area contributed by atoms with Crippen molar-refractivity contribution in [2.75, 3.05) is 5.32 Å². The quantitative estimate of drug-likeness (QED) is 0.658. The van der Waals surface area contributed by atoms with Crippen molar-refractivity contribution in [1.82, 2.24) is 4.98 Å². The highest BCUT2D eigenvalue weighted by Gasteiger charge is 2.10. The molecule has 3 aromatic rings. The van der Waals surface area contributed by atoms with Crippen LogP contribution in [0.2, 0.25) is 0 Å². The lowest BCUT2D eigenvalue weighted by molar-refractivity contribution is 1.23. The number of hydrogen-bond donors (Lipinski definition) is 1. The van der Waals surface area contributed by atoms with Crippen LogP contribution in [0.1, 0.15) is 5.69 Å². The number of benzene rings is 2. The summed E-state index contributed by atoms with van der Waals surface area (Å²) >= 11 is 2.35. The highest BCUT2D eigenvalue weighted by Crippen LogP contribution is 2.31. The Bertz CT molecular complexity index is 723. The number of rotatable bonds is 2. The molecule has 0 aliphatic carbocycles. The molecule has 0 bridgehead atoms. The minimum atomic E-state index is 1.03. The second kappa shape index (κ2) is 5.17. The summed E-state index contributed by atoms with van der Waals surface area (Å²) < 4.78 is 1.17. The first kappa shape index (κ1) is 12.4. The minimum Gasteiger partial charge on any atom is -0.354 e. The van der Waals surface area contributed by atoms with Gasteiger partial charge in [0.15, 0.2) is 0 Å². The van der Waals surface area contributed by atoms with Gasteiger partial charge in [-0.25, -0.2) is 0 Å². The fraction of sp³-hybridized carbons (Fsp3) is 0.0625. The van der Waals surface area contributed by atoms with Crippen LogP contribution in [0.15, 0.2) is 54.6 Å². The Labute approximate surface area is 126 Å². The Balaban J connectivity index is 2.19. The molecule has 0 spiro atoms. The van der Waals surface area contributed by atoms with Crippen LogP contribution in [-0.4, -0.2) is 4.98 Å². The largest absolute Gasteiger partial charge is 0.354 e. The van der Waals surface area contributed by atoms with Crippen LogP contribution < -0.4 is 5.32 Å². The van der Waals surface area contributed by atoms with Crippen molar-refractivity contribution in [1.29, 1.82) is 0 Å². The van der Waals surface area contributed by atoms with E-state index in [1.165, 1.54) is 3.57 Å². The number of para-hydroxylation sites is 2. The summed E-state index contributed by atoms with van der Waals surface area (Å²) in [7, 11) is 0. The van der Waals surface area contributed by atoms with Crippen LogP contribution in [0.5, 0.6) is 0 Å². The zero-order chi connectivity index (χ0) is 13.2. The predicted octanol–water partition coefficient (Wildman–Crippen LogP) is 4.89. The Hall–Kier alpha value is -1.62. The Morgan fingerprint density at radius 1 is 0.947 bits per heavy atom. The van der Waals surface area contributed by atoms with Gasteiger partial charge in [0.1, 0.15) is 0 Å². The third kappa shape index (κ3) is 2.42. The molecule has 1 aromatic heterocycles. The van der Waals surface area contributed by atoms with Gasteiger partial charge in [0, 0.05) is 11.1 Å². The number of halogens is 1. The fourth-order valence-corrected chi connectivity index (χ4v) is 2.65. The van der Waals surface area contributed by atoms with Gasteiger partial charge in [-0.1, -0.05) is 36.4 Å². The first-order valence-electron chi connectivity index (χ1n) is 6.12. The standard InChI is InChI=1S/C16H13IN2/c1-11-15(17)16(19-12-7-3-2-4-8-12)13-9-5-6-10-14(13)18-11/h2-10H,1H3,(H,18,19). The normalized spacial score (nSPS) is 10.6. The van der Waals surface area contributed by atoms with E-state index >= 15 is 0 Å². The van der Waals surface area contributed by atoms with Crippen molar-refractivity contribution < 1.29 is 0 Å². The fourth-order valence-electron chi connectivity index (χ4n) is 2.10. The SMILES string of the molecule is Cc1nc2ccccc2c(Nc2ccccc2)c1I. The summed E-state index contributed by atoms with van der Waals surface area (Å²) in [5.41, 5.74) is 4.31. The molecule has 3 rings (SSSR count). The van der Waals surface area contributed by atoms with Gasteiger partial charge in [0.25, 0.3) is 0 Å². The van der Waals surface area contributed by atoms with Gasteiger partial charge in [-0.2, -0.15) is 0 Å². The highest BCUT2D eigenvalue weighted by atomic mass is 127. The van der Waals surface area contributed by atoms with Gasteiger partial charge in [-0.15, -0.1) is 0 Å². The smallest absolute Gasteiger partial charge is 0.0726 e. The second-order valence-corrected chi connectivity index (χ2v) is 5.47. The molecule has 0 aliphatic rings. The van der Waals surface area contributed by atoms with Crippen molar-refractivity contribution in [2.24, 2.45) is 0 Å². The molecular formula is C16H13IN2. The average Bonchev–Trinajstić information content (AvgIpc) is 2.45. The maximum Gasteiger partial charge on any atom is 0.0726 e. The molecule has 0 fully saturated rings. The molecule has 0 atom stereocenters. The van der Waals surface area contributed by atoms with Gasteiger partial charge in [0.05, 0.1) is 20.5 Å². The molecule has 0 aliphatic heterocycles. The summed E-state index contributed by atoms with van der Waals surface area (Å²) in [6, 6.07) is 18.5. The molecule has 0 saturated heterocycles. The lowest BCUT2D eigenvalue weighted by Gasteiger charge is -2.13. The molecule has 94 valence electrons. The molecule has 0 amide bonds. The van der Waals surface area contributed by atoms with E-state index in [4.69, 9.17) is 0 Å². The summed E-state index contributed by atoms with van der Waals surface area (Å²) in [4.78, 5) is 4.63. The lowest BCUT2D eigenvalue weighted by Crippen LogP contribution is -1.98. The number of anilines is 2. The summed E-state index contributed by atoms with van der Waals surface area (Å²) in [6.07, 6.45) is 0. The molecule has 0 saturated carbocycles. The minimum absolute atomic E-state index is 1.03. The van der Waals surface area contributed by atoms with E-state index in [1.807, 2.05) is 37.3 Å². The Kier molecular flexibility index (Phi) is 3.38. The number of aryl methyl sites for hydroxylation is 1. The van der Waals surface area contributed by atoms with Crippen molar-refractivity contribution in [3.63, 3.8) is 0 Å². The van der Waals surface area contributed by atoms with E-state index in [1.54, 1.807) is 0 Å². The van der Waals surface area contributed by atoms with Gasteiger partial charge < -0.3 is 5.32 Å². The lowest BCUT2D eigenvalue weighted by atomic mass is 10.1. The van der Waals surface area contributed by atoms with Gasteiger partial charge in [0.2, 0.25) is 0 Å². The average molecular weight is 360 g/mol. The monoisotopic (exact) mass is 360 g/mol. The topological polar surface area (TPSA) is 24.9 Å². The number of hydrogen-bond acceptors (Lipinski definition) is 2. The van der Waals surface area contributed by atoms with Crippen molar-refractivity contribution in [2.45, 2.75) is 6.92 Å². The predicted molar refractivity (Wildman–Crippen MR) is 88.9 cm³/mol. The molecule has 19 heavy (non-hydrogen) atoms. The van der Waals surface area contributed by atoms with Crippen LogP contribution in [0, 0.1) is 10.5 Å². The van der Waals surface area contributed by atoms with E-state index in [0.29, 0.717) is 0 Å². The van der Waals surface area contributed by atoms with E-state index in [2.05, 4.69) is 57.2 Å². The molecule has 1 heterocycles. The van der Waals surface area contributed by atoms with Crippen molar-refractivity contribution in [3.05, 3.63) is 63.9 Å². The number of aromatic nitrogens is 1. The molecular weight excluding hydrogens is 347 g/mol. The zero-order valence-corrected chi connectivity index (χ0v) is 12.7. The van der Waals surface area contributed by atoms with Crippen LogP contribution in [-0.2, 0) is 0 Å². The number of pyridine rings is 1. The van der Waals surface area contributed by atoms with Gasteiger partial charge in [-0.3, -0.25) is 4.98 Å². The van der Waals surface area contributed by atoms with E-state index in [9.17, 15) is 0 Å². The maximum absolute atomic E-state index is 4.63. The van der Waals surface area contributed by atoms with Crippen LogP contribution >= 0.6 is 22.6 Å². The van der Waals surface area contributed by atoms with Crippen molar-refractivity contribution >= 4 is 44.9 Å². The molecule has 2 aromatic carbocycles. The first-order valence-corrected chi connectivity index (χ1v) is 7.20. The van der Waals surface area contributed by atoms with E-state index in [-0.39, 0.29) is 0 Å². The van der Waals surface area contributed by atoms with Crippen LogP contribution in [0.3, 0.4) is 0 Å². The van der Waals surface area contributed by atoms with Crippen LogP contribution in [0.25, 0.3) is 10.9 Å². The molecule has 1 N–H and O–H groups in total. The van der Waals surface area contributed by atoms with E-state index in [0.717, 1.165) is 28.0 Å². The van der Waals surface area contributed by atoms with Gasteiger partial charge >= 0.3 is 0 Å². The van der Waals surface area contributed by atoms with E-state index < -0.39 is 0 Å². The molecule has 2 nitrogen and oxygen atoms in total. The van der Waals surface area contributed by atoms with Crippen molar-refractivity contribution in [3.8, 4) is 0 Å². The van der Waals surface area contributed by atoms with Crippen LogP contribution in [0.4, 0.5) is 11.4 Å². The number of nitrogens with zero attached hydrogens (tertiary/aromatic N) is 1. The third-order valence-electron chi connectivity index (χ3n) is 3.04. The molecule has 3 heteroatoms. The maximum atomic E-state index is 4.63. The summed E-state index contributed by atoms with van der Waals surface area (Å²) in [6.45, 7) is 2.05. The Morgan fingerprint density at radius 2 is 1.63 bits per heavy atom. The first-order chi connectivity index (χ1) is 9.25. The third-order valence-corrected chi connectivity index (χ3v) is 4.36. The Morgan fingerprint density at radius 3 is 2.42 bits per heavy atom.